The Labute approximate surface area is 191 Å². The number of benzene rings is 2. The fourth-order valence-electron chi connectivity index (χ4n) is 4.03. The topological polar surface area (TPSA) is 96.2 Å². The van der Waals surface area contributed by atoms with Crippen LogP contribution < -0.4 is 10.6 Å². The lowest BCUT2D eigenvalue weighted by atomic mass is 10.0. The van der Waals surface area contributed by atoms with Crippen molar-refractivity contribution in [3.8, 4) is 0 Å². The van der Waals surface area contributed by atoms with Crippen LogP contribution in [0.2, 0.25) is 0 Å². The first kappa shape index (κ1) is 21.1. The highest BCUT2D eigenvalue weighted by Gasteiger charge is 2.29. The van der Waals surface area contributed by atoms with Gasteiger partial charge in [0.25, 0.3) is 11.8 Å². The molecule has 0 bridgehead atoms. The number of nitrogens with one attached hydrogen (secondary N) is 2. The highest BCUT2D eigenvalue weighted by atomic mass is 16.5. The molecule has 0 radical (unpaired) electrons. The zero-order chi connectivity index (χ0) is 22.6. The lowest BCUT2D eigenvalue weighted by Crippen LogP contribution is -2.42. The molecule has 5 rings (SSSR count). The number of nitrogens with zero attached hydrogens (tertiary/aromatic N) is 2. The summed E-state index contributed by atoms with van der Waals surface area (Å²) in [7, 11) is 0. The predicted molar refractivity (Wildman–Crippen MR) is 123 cm³/mol. The van der Waals surface area contributed by atoms with Crippen LogP contribution in [0.15, 0.2) is 76.3 Å². The van der Waals surface area contributed by atoms with E-state index in [2.05, 4.69) is 20.5 Å². The summed E-state index contributed by atoms with van der Waals surface area (Å²) in [5.74, 6) is -0.707. The van der Waals surface area contributed by atoms with Crippen LogP contribution in [0.25, 0.3) is 0 Å². The Morgan fingerprint density at radius 1 is 1.06 bits per heavy atom. The van der Waals surface area contributed by atoms with Crippen molar-refractivity contribution in [2.75, 3.05) is 31.6 Å². The van der Waals surface area contributed by atoms with E-state index in [1.54, 1.807) is 6.07 Å². The highest BCUT2D eigenvalue weighted by molar-refractivity contribution is 6.20. The first-order chi connectivity index (χ1) is 16.2. The summed E-state index contributed by atoms with van der Waals surface area (Å²) >= 11 is 0. The van der Waals surface area contributed by atoms with Gasteiger partial charge in [0, 0.05) is 36.3 Å². The number of anilines is 1. The van der Waals surface area contributed by atoms with Gasteiger partial charge in [0.2, 0.25) is 6.17 Å². The Morgan fingerprint density at radius 2 is 1.82 bits per heavy atom. The SMILES string of the molecule is O=C(N[C@H]1N=C(c2ccccc2)c2ccccc2NC1=O)c1occc1CN1CCOCC1. The molecule has 2 N–H and O–H groups in total. The monoisotopic (exact) mass is 444 g/mol. The second-order valence-corrected chi connectivity index (χ2v) is 7.92. The van der Waals surface area contributed by atoms with Crippen molar-refractivity contribution in [2.45, 2.75) is 12.7 Å². The van der Waals surface area contributed by atoms with E-state index < -0.39 is 18.0 Å². The van der Waals surface area contributed by atoms with Gasteiger partial charge >= 0.3 is 0 Å². The molecule has 2 aliphatic rings. The molecule has 1 aromatic heterocycles. The van der Waals surface area contributed by atoms with E-state index in [1.807, 2.05) is 54.6 Å². The van der Waals surface area contributed by atoms with E-state index in [0.717, 1.165) is 29.8 Å². The van der Waals surface area contributed by atoms with E-state index in [-0.39, 0.29) is 5.76 Å². The van der Waals surface area contributed by atoms with E-state index >= 15 is 0 Å². The maximum atomic E-state index is 13.1. The molecule has 2 aliphatic heterocycles. The van der Waals surface area contributed by atoms with Crippen LogP contribution in [0.3, 0.4) is 0 Å². The van der Waals surface area contributed by atoms with Crippen molar-refractivity contribution >= 4 is 23.2 Å². The molecule has 2 aromatic carbocycles. The number of amides is 2. The summed E-state index contributed by atoms with van der Waals surface area (Å²) in [5.41, 5.74) is 3.68. The number of rotatable bonds is 5. The third kappa shape index (κ3) is 4.57. The second kappa shape index (κ2) is 9.40. The molecule has 1 fully saturated rings. The van der Waals surface area contributed by atoms with Crippen LogP contribution in [0, 0.1) is 0 Å². The lowest BCUT2D eigenvalue weighted by molar-refractivity contribution is -0.117. The zero-order valence-corrected chi connectivity index (χ0v) is 18.0. The van der Waals surface area contributed by atoms with Crippen molar-refractivity contribution in [3.05, 3.63) is 89.4 Å². The summed E-state index contributed by atoms with van der Waals surface area (Å²) in [6.07, 6.45) is 0.383. The third-order valence-corrected chi connectivity index (χ3v) is 5.71. The molecule has 0 aliphatic carbocycles. The fourth-order valence-corrected chi connectivity index (χ4v) is 4.03. The van der Waals surface area contributed by atoms with Crippen LogP contribution in [0.5, 0.6) is 0 Å². The van der Waals surface area contributed by atoms with Crippen molar-refractivity contribution < 1.29 is 18.7 Å². The van der Waals surface area contributed by atoms with Gasteiger partial charge in [-0.2, -0.15) is 0 Å². The molecule has 3 heterocycles. The van der Waals surface area contributed by atoms with Gasteiger partial charge in [-0.25, -0.2) is 4.99 Å². The Bertz CT molecular complexity index is 1180. The van der Waals surface area contributed by atoms with Gasteiger partial charge in [0.15, 0.2) is 5.76 Å². The quantitative estimate of drug-likeness (QED) is 0.631. The zero-order valence-electron chi connectivity index (χ0n) is 18.0. The molecule has 3 aromatic rings. The van der Waals surface area contributed by atoms with Crippen LogP contribution in [-0.4, -0.2) is 54.9 Å². The molecule has 168 valence electrons. The number of morpholine rings is 1. The molecule has 8 nitrogen and oxygen atoms in total. The van der Waals surface area contributed by atoms with Gasteiger partial charge in [-0.05, 0) is 12.1 Å². The van der Waals surface area contributed by atoms with Crippen LogP contribution in [0.4, 0.5) is 5.69 Å². The average Bonchev–Trinajstić information content (AvgIpc) is 3.26. The Kier molecular flexibility index (Phi) is 6.01. The van der Waals surface area contributed by atoms with Gasteiger partial charge in [0.1, 0.15) is 0 Å². The van der Waals surface area contributed by atoms with Gasteiger partial charge in [-0.1, -0.05) is 48.5 Å². The first-order valence-corrected chi connectivity index (χ1v) is 10.9. The predicted octanol–water partition coefficient (Wildman–Crippen LogP) is 2.66. The first-order valence-electron chi connectivity index (χ1n) is 10.9. The van der Waals surface area contributed by atoms with E-state index in [1.165, 1.54) is 6.26 Å². The summed E-state index contributed by atoms with van der Waals surface area (Å²) < 4.78 is 10.9. The molecule has 8 heteroatoms. The maximum absolute atomic E-state index is 13.1. The van der Waals surface area contributed by atoms with Crippen molar-refractivity contribution in [2.24, 2.45) is 4.99 Å². The fraction of sp³-hybridized carbons (Fsp3) is 0.240. The highest BCUT2D eigenvalue weighted by Crippen LogP contribution is 2.24. The molecule has 33 heavy (non-hydrogen) atoms. The number of hydrogen-bond acceptors (Lipinski definition) is 6. The van der Waals surface area contributed by atoms with Crippen LogP contribution in [-0.2, 0) is 16.1 Å². The summed E-state index contributed by atoms with van der Waals surface area (Å²) in [6.45, 7) is 3.49. The summed E-state index contributed by atoms with van der Waals surface area (Å²) in [5, 5.41) is 5.63. The number of carbonyl (C=O) groups excluding carboxylic acids is 2. The van der Waals surface area contributed by atoms with E-state index in [0.29, 0.717) is 31.2 Å². The van der Waals surface area contributed by atoms with Gasteiger partial charge < -0.3 is 19.8 Å². The van der Waals surface area contributed by atoms with Crippen molar-refractivity contribution in [1.82, 2.24) is 10.2 Å². The normalized spacial score (nSPS) is 18.6. The molecule has 0 spiro atoms. The number of fused-ring (bicyclic) bond motifs is 1. The minimum absolute atomic E-state index is 0.188. The molecule has 1 saturated heterocycles. The number of ether oxygens (including phenoxy) is 1. The minimum Gasteiger partial charge on any atom is -0.459 e. The van der Waals surface area contributed by atoms with Gasteiger partial charge in [-0.3, -0.25) is 14.5 Å². The van der Waals surface area contributed by atoms with Crippen molar-refractivity contribution in [1.29, 1.82) is 0 Å². The smallest absolute Gasteiger partial charge is 0.289 e. The summed E-state index contributed by atoms with van der Waals surface area (Å²) in [4.78, 5) is 33.0. The van der Waals surface area contributed by atoms with E-state index in [4.69, 9.17) is 9.15 Å². The Hall–Kier alpha value is -3.75. The molecule has 1 atom stereocenters. The second-order valence-electron chi connectivity index (χ2n) is 7.92. The number of carbonyl (C=O) groups is 2. The van der Waals surface area contributed by atoms with E-state index in [9.17, 15) is 9.59 Å². The molecular weight excluding hydrogens is 420 g/mol. The number of hydrogen-bond donors (Lipinski definition) is 2. The number of para-hydroxylation sites is 1. The standard InChI is InChI=1S/C25H24N4O4/c30-24(22-18(10-13-33-22)16-29-11-14-32-15-12-29)28-23-25(31)26-20-9-5-4-8-19(20)21(27-23)17-6-2-1-3-7-17/h1-10,13,23H,11-12,14-16H2,(H,26,31)(H,28,30)/t23-/m1/s1. The molecule has 0 unspecified atom stereocenters. The van der Waals surface area contributed by atoms with Crippen LogP contribution >= 0.6 is 0 Å². The van der Waals surface area contributed by atoms with Gasteiger partial charge in [-0.15, -0.1) is 0 Å². The average molecular weight is 444 g/mol. The lowest BCUT2D eigenvalue weighted by Gasteiger charge is -2.26. The number of furan rings is 1. The number of aliphatic imine (C=N–C) groups is 1. The molecule has 2 amide bonds. The summed E-state index contributed by atoms with van der Waals surface area (Å²) in [6, 6.07) is 18.8. The number of benzodiazepines with no additional fused rings is 1. The maximum Gasteiger partial charge on any atom is 0.289 e. The van der Waals surface area contributed by atoms with Crippen molar-refractivity contribution in [3.63, 3.8) is 0 Å². The molecular formula is C25H24N4O4. The largest absolute Gasteiger partial charge is 0.459 e. The third-order valence-electron chi connectivity index (χ3n) is 5.71. The van der Waals surface area contributed by atoms with Gasteiger partial charge in [0.05, 0.1) is 30.9 Å². The Balaban J connectivity index is 1.42. The minimum atomic E-state index is -1.11. The van der Waals surface area contributed by atoms with Crippen LogP contribution in [0.1, 0.15) is 27.2 Å². The Morgan fingerprint density at radius 3 is 2.64 bits per heavy atom. The molecule has 0 saturated carbocycles.